The molecule has 0 unspecified atom stereocenters. The SMILES string of the molecule is Cc1ccc(Sc2ccc(/C=N\NC(=O)c3cccc(Cl)c3)o2)cc1. The summed E-state index contributed by atoms with van der Waals surface area (Å²) in [5.41, 5.74) is 4.10. The van der Waals surface area contributed by atoms with Crippen molar-refractivity contribution in [1.29, 1.82) is 0 Å². The maximum absolute atomic E-state index is 11.9. The molecule has 1 N–H and O–H groups in total. The second kappa shape index (κ2) is 8.05. The van der Waals surface area contributed by atoms with Gasteiger partial charge in [-0.05, 0) is 49.4 Å². The van der Waals surface area contributed by atoms with Crippen molar-refractivity contribution in [3.8, 4) is 0 Å². The zero-order valence-electron chi connectivity index (χ0n) is 13.4. The fourth-order valence-electron chi connectivity index (χ4n) is 2.03. The van der Waals surface area contributed by atoms with Gasteiger partial charge in [-0.25, -0.2) is 5.43 Å². The van der Waals surface area contributed by atoms with Crippen LogP contribution < -0.4 is 5.43 Å². The number of hydrogen-bond donors (Lipinski definition) is 1. The number of carbonyl (C=O) groups excluding carboxylic acids is 1. The molecule has 0 aliphatic rings. The van der Waals surface area contributed by atoms with Gasteiger partial charge in [0.05, 0.1) is 6.21 Å². The maximum Gasteiger partial charge on any atom is 0.271 e. The summed E-state index contributed by atoms with van der Waals surface area (Å²) in [6, 6.07) is 18.5. The van der Waals surface area contributed by atoms with Gasteiger partial charge in [0.25, 0.3) is 5.91 Å². The average Bonchev–Trinajstić information content (AvgIpc) is 3.04. The van der Waals surface area contributed by atoms with Crippen molar-refractivity contribution in [1.82, 2.24) is 5.43 Å². The van der Waals surface area contributed by atoms with Crippen molar-refractivity contribution >= 4 is 35.5 Å². The lowest BCUT2D eigenvalue weighted by molar-refractivity contribution is 0.0955. The van der Waals surface area contributed by atoms with Crippen LogP contribution in [0.3, 0.4) is 0 Å². The number of hydrazone groups is 1. The number of halogens is 1. The lowest BCUT2D eigenvalue weighted by atomic mass is 10.2. The van der Waals surface area contributed by atoms with Crippen LogP contribution in [0, 0.1) is 6.92 Å². The number of nitrogens with zero attached hydrogens (tertiary/aromatic N) is 1. The number of benzene rings is 2. The molecule has 3 aromatic rings. The van der Waals surface area contributed by atoms with Crippen molar-refractivity contribution < 1.29 is 9.21 Å². The van der Waals surface area contributed by atoms with E-state index in [1.54, 1.807) is 30.3 Å². The highest BCUT2D eigenvalue weighted by Gasteiger charge is 2.05. The van der Waals surface area contributed by atoms with Crippen LogP contribution in [-0.2, 0) is 0 Å². The van der Waals surface area contributed by atoms with Crippen LogP contribution in [0.5, 0.6) is 0 Å². The lowest BCUT2D eigenvalue weighted by Crippen LogP contribution is -2.17. The zero-order valence-corrected chi connectivity index (χ0v) is 15.0. The molecule has 1 heterocycles. The van der Waals surface area contributed by atoms with Crippen molar-refractivity contribution in [3.05, 3.63) is 82.6 Å². The van der Waals surface area contributed by atoms with Gasteiger partial charge in [-0.1, -0.05) is 47.1 Å². The molecule has 0 saturated carbocycles. The van der Waals surface area contributed by atoms with Gasteiger partial charge in [0.1, 0.15) is 5.76 Å². The number of hydrogen-bond acceptors (Lipinski definition) is 4. The minimum absolute atomic E-state index is 0.334. The van der Waals surface area contributed by atoms with Gasteiger partial charge in [0, 0.05) is 15.5 Å². The largest absolute Gasteiger partial charge is 0.448 e. The summed E-state index contributed by atoms with van der Waals surface area (Å²) in [5.74, 6) is 0.223. The molecular weight excluding hydrogens is 356 g/mol. The molecule has 1 amide bonds. The Hall–Kier alpha value is -2.50. The fraction of sp³-hybridized carbons (Fsp3) is 0.0526. The molecule has 0 fully saturated rings. The predicted octanol–water partition coefficient (Wildman–Crippen LogP) is 5.16. The van der Waals surface area contributed by atoms with E-state index in [9.17, 15) is 4.79 Å². The van der Waals surface area contributed by atoms with Gasteiger partial charge in [-0.15, -0.1) is 0 Å². The third kappa shape index (κ3) is 4.98. The van der Waals surface area contributed by atoms with Crippen LogP contribution in [0.2, 0.25) is 5.02 Å². The molecule has 3 rings (SSSR count). The van der Waals surface area contributed by atoms with E-state index in [1.807, 2.05) is 25.1 Å². The Bertz CT molecular complexity index is 904. The Morgan fingerprint density at radius 2 is 1.96 bits per heavy atom. The molecule has 2 aromatic carbocycles. The molecule has 0 aliphatic heterocycles. The highest BCUT2D eigenvalue weighted by atomic mass is 35.5. The van der Waals surface area contributed by atoms with E-state index in [0.717, 1.165) is 9.99 Å². The van der Waals surface area contributed by atoms with E-state index in [4.69, 9.17) is 16.0 Å². The van der Waals surface area contributed by atoms with Gasteiger partial charge >= 0.3 is 0 Å². The molecule has 25 heavy (non-hydrogen) atoms. The fourth-order valence-corrected chi connectivity index (χ4v) is 3.00. The van der Waals surface area contributed by atoms with Crippen molar-refractivity contribution in [2.45, 2.75) is 16.9 Å². The molecule has 4 nitrogen and oxygen atoms in total. The maximum atomic E-state index is 11.9. The van der Waals surface area contributed by atoms with Crippen LogP contribution in [0.4, 0.5) is 0 Å². The highest BCUT2D eigenvalue weighted by molar-refractivity contribution is 7.99. The van der Waals surface area contributed by atoms with Crippen molar-refractivity contribution in [2.75, 3.05) is 0 Å². The van der Waals surface area contributed by atoms with E-state index in [0.29, 0.717) is 16.3 Å². The Labute approximate surface area is 154 Å². The molecule has 0 radical (unpaired) electrons. The average molecular weight is 371 g/mol. The summed E-state index contributed by atoms with van der Waals surface area (Å²) in [6.07, 6.45) is 1.46. The smallest absolute Gasteiger partial charge is 0.271 e. The zero-order chi connectivity index (χ0) is 17.6. The number of aryl methyl sites for hydroxylation is 1. The summed E-state index contributed by atoms with van der Waals surface area (Å²) in [4.78, 5) is 13.0. The van der Waals surface area contributed by atoms with Crippen LogP contribution >= 0.6 is 23.4 Å². The highest BCUT2D eigenvalue weighted by Crippen LogP contribution is 2.28. The van der Waals surface area contributed by atoms with Crippen LogP contribution in [-0.4, -0.2) is 12.1 Å². The molecule has 0 saturated heterocycles. The first-order chi connectivity index (χ1) is 12.1. The Balaban J connectivity index is 1.58. The first-order valence-corrected chi connectivity index (χ1v) is 8.73. The summed E-state index contributed by atoms with van der Waals surface area (Å²) in [5, 5.41) is 5.17. The van der Waals surface area contributed by atoms with E-state index < -0.39 is 0 Å². The number of rotatable bonds is 5. The molecule has 1 aromatic heterocycles. The predicted molar refractivity (Wildman–Crippen MR) is 101 cm³/mol. The third-order valence-corrected chi connectivity index (χ3v) is 4.45. The van der Waals surface area contributed by atoms with Crippen molar-refractivity contribution in [3.63, 3.8) is 0 Å². The first-order valence-electron chi connectivity index (χ1n) is 7.53. The molecule has 6 heteroatoms. The summed E-state index contributed by atoms with van der Waals surface area (Å²) in [6.45, 7) is 2.05. The number of nitrogens with one attached hydrogen (secondary N) is 1. The third-order valence-electron chi connectivity index (χ3n) is 3.29. The minimum Gasteiger partial charge on any atom is -0.448 e. The normalized spacial score (nSPS) is 11.0. The summed E-state index contributed by atoms with van der Waals surface area (Å²) < 4.78 is 5.67. The first kappa shape index (κ1) is 17.3. The second-order valence-corrected chi connectivity index (χ2v) is 6.80. The molecule has 0 aliphatic carbocycles. The second-order valence-electron chi connectivity index (χ2n) is 5.28. The van der Waals surface area contributed by atoms with Gasteiger partial charge < -0.3 is 4.42 Å². The molecule has 126 valence electrons. The van der Waals surface area contributed by atoms with Crippen LogP contribution in [0.1, 0.15) is 21.7 Å². The number of carbonyl (C=O) groups is 1. The number of amides is 1. The van der Waals surface area contributed by atoms with Crippen LogP contribution in [0.15, 0.2) is 80.2 Å². The standard InChI is InChI=1S/C19H15ClN2O2S/c1-13-5-8-17(9-6-13)25-18-10-7-16(24-18)12-21-22-19(23)14-3-2-4-15(20)11-14/h2-12H,1H3,(H,22,23)/b21-12-. The topological polar surface area (TPSA) is 54.6 Å². The van der Waals surface area contributed by atoms with E-state index >= 15 is 0 Å². The minimum atomic E-state index is -0.334. The summed E-state index contributed by atoms with van der Waals surface area (Å²) >= 11 is 7.39. The van der Waals surface area contributed by atoms with E-state index in [-0.39, 0.29) is 5.91 Å². The van der Waals surface area contributed by atoms with Gasteiger partial charge in [0.15, 0.2) is 5.09 Å². The van der Waals surface area contributed by atoms with E-state index in [1.165, 1.54) is 23.5 Å². The quantitative estimate of drug-likeness (QED) is 0.498. The Morgan fingerprint density at radius 3 is 2.72 bits per heavy atom. The Kier molecular flexibility index (Phi) is 5.58. The van der Waals surface area contributed by atoms with Crippen molar-refractivity contribution in [2.24, 2.45) is 5.10 Å². The van der Waals surface area contributed by atoms with Gasteiger partial charge in [-0.2, -0.15) is 5.10 Å². The van der Waals surface area contributed by atoms with Gasteiger partial charge in [-0.3, -0.25) is 4.79 Å². The van der Waals surface area contributed by atoms with Gasteiger partial charge in [0.2, 0.25) is 0 Å². The number of furan rings is 1. The van der Waals surface area contributed by atoms with E-state index in [2.05, 4.69) is 22.7 Å². The van der Waals surface area contributed by atoms with Crippen LogP contribution in [0.25, 0.3) is 0 Å². The Morgan fingerprint density at radius 1 is 1.16 bits per heavy atom. The molecular formula is C19H15ClN2O2S. The monoisotopic (exact) mass is 370 g/mol. The molecule has 0 spiro atoms. The lowest BCUT2D eigenvalue weighted by Gasteiger charge is -1.99. The molecule has 0 atom stereocenters. The summed E-state index contributed by atoms with van der Waals surface area (Å²) in [7, 11) is 0. The molecule has 0 bridgehead atoms.